The molecule has 0 aliphatic heterocycles. The van der Waals surface area contributed by atoms with Crippen LogP contribution in [0.25, 0.3) is 0 Å². The van der Waals surface area contributed by atoms with Crippen molar-refractivity contribution in [1.29, 1.82) is 0 Å². The third-order valence-electron chi connectivity index (χ3n) is 3.09. The van der Waals surface area contributed by atoms with Gasteiger partial charge in [0.2, 0.25) is 15.9 Å². The molecule has 0 unspecified atom stereocenters. The molecule has 0 saturated carbocycles. The van der Waals surface area contributed by atoms with Gasteiger partial charge in [-0.3, -0.25) is 0 Å². The SMILES string of the molecule is COc1ccc(CNS(=O)(=O)c2ccc(C)cc2C)cn1. The highest BCUT2D eigenvalue weighted by atomic mass is 32.2. The highest BCUT2D eigenvalue weighted by Gasteiger charge is 2.16. The van der Waals surface area contributed by atoms with Gasteiger partial charge in [-0.2, -0.15) is 0 Å². The van der Waals surface area contributed by atoms with E-state index in [9.17, 15) is 8.42 Å². The number of rotatable bonds is 5. The minimum absolute atomic E-state index is 0.187. The number of aromatic nitrogens is 1. The van der Waals surface area contributed by atoms with Crippen LogP contribution in [0.2, 0.25) is 0 Å². The van der Waals surface area contributed by atoms with Gasteiger partial charge >= 0.3 is 0 Å². The number of sulfonamides is 1. The molecule has 1 heterocycles. The highest BCUT2D eigenvalue weighted by molar-refractivity contribution is 7.89. The Hall–Kier alpha value is -1.92. The van der Waals surface area contributed by atoms with Gasteiger partial charge in [-0.25, -0.2) is 18.1 Å². The summed E-state index contributed by atoms with van der Waals surface area (Å²) in [7, 11) is -2.00. The lowest BCUT2D eigenvalue weighted by molar-refractivity contribution is 0.397. The van der Waals surface area contributed by atoms with E-state index in [4.69, 9.17) is 4.74 Å². The Morgan fingerprint density at radius 2 is 1.95 bits per heavy atom. The van der Waals surface area contributed by atoms with Gasteiger partial charge in [-0.1, -0.05) is 23.8 Å². The van der Waals surface area contributed by atoms with Crippen LogP contribution < -0.4 is 9.46 Å². The maximum atomic E-state index is 12.3. The average Bonchev–Trinajstić information content (AvgIpc) is 2.45. The van der Waals surface area contributed by atoms with E-state index in [0.29, 0.717) is 10.8 Å². The number of hydrogen-bond acceptors (Lipinski definition) is 4. The third-order valence-corrected chi connectivity index (χ3v) is 4.65. The van der Waals surface area contributed by atoms with Crippen LogP contribution in [0.4, 0.5) is 0 Å². The Kier molecular flexibility index (Phi) is 4.59. The van der Waals surface area contributed by atoms with Crippen molar-refractivity contribution in [2.24, 2.45) is 0 Å². The van der Waals surface area contributed by atoms with E-state index in [1.54, 1.807) is 37.4 Å². The molecule has 0 atom stereocenters. The highest BCUT2D eigenvalue weighted by Crippen LogP contribution is 2.16. The van der Waals surface area contributed by atoms with Gasteiger partial charge in [-0.15, -0.1) is 0 Å². The van der Waals surface area contributed by atoms with Crippen LogP contribution in [0.5, 0.6) is 5.88 Å². The number of methoxy groups -OCH3 is 1. The van der Waals surface area contributed by atoms with Crippen LogP contribution in [0.3, 0.4) is 0 Å². The number of ether oxygens (including phenoxy) is 1. The standard InChI is InChI=1S/C15H18N2O3S/c1-11-4-6-14(12(2)8-11)21(18,19)17-10-13-5-7-15(20-3)16-9-13/h4-9,17H,10H2,1-3H3. The summed E-state index contributed by atoms with van der Waals surface area (Å²) >= 11 is 0. The lowest BCUT2D eigenvalue weighted by Crippen LogP contribution is -2.24. The van der Waals surface area contributed by atoms with Crippen molar-refractivity contribution in [3.05, 3.63) is 53.2 Å². The number of nitrogens with one attached hydrogen (secondary N) is 1. The molecule has 0 aliphatic carbocycles. The average molecular weight is 306 g/mol. The van der Waals surface area contributed by atoms with E-state index in [1.165, 1.54) is 7.11 Å². The van der Waals surface area contributed by atoms with Gasteiger partial charge < -0.3 is 4.74 Å². The second-order valence-electron chi connectivity index (χ2n) is 4.80. The Labute approximate surface area is 125 Å². The van der Waals surface area contributed by atoms with Crippen molar-refractivity contribution in [3.8, 4) is 5.88 Å². The maximum Gasteiger partial charge on any atom is 0.241 e. The fourth-order valence-electron chi connectivity index (χ4n) is 1.99. The second-order valence-corrected chi connectivity index (χ2v) is 6.54. The van der Waals surface area contributed by atoms with Crippen LogP contribution in [0, 0.1) is 13.8 Å². The van der Waals surface area contributed by atoms with Gasteiger partial charge in [0.15, 0.2) is 0 Å². The molecule has 0 saturated heterocycles. The monoisotopic (exact) mass is 306 g/mol. The van der Waals surface area contributed by atoms with Crippen LogP contribution in [-0.4, -0.2) is 20.5 Å². The molecule has 0 amide bonds. The molecule has 1 N–H and O–H groups in total. The molecular formula is C15H18N2O3S. The number of nitrogens with zero attached hydrogens (tertiary/aromatic N) is 1. The lowest BCUT2D eigenvalue weighted by Gasteiger charge is -2.10. The normalized spacial score (nSPS) is 11.4. The Balaban J connectivity index is 2.13. The van der Waals surface area contributed by atoms with Crippen molar-refractivity contribution in [1.82, 2.24) is 9.71 Å². The zero-order chi connectivity index (χ0) is 15.5. The van der Waals surface area contributed by atoms with Crippen molar-refractivity contribution >= 4 is 10.0 Å². The topological polar surface area (TPSA) is 68.3 Å². The van der Waals surface area contributed by atoms with E-state index >= 15 is 0 Å². The molecule has 0 spiro atoms. The number of benzene rings is 1. The largest absolute Gasteiger partial charge is 0.481 e. The van der Waals surface area contributed by atoms with Crippen LogP contribution in [0.1, 0.15) is 16.7 Å². The summed E-state index contributed by atoms with van der Waals surface area (Å²) in [5.74, 6) is 0.496. The predicted octanol–water partition coefficient (Wildman–Crippen LogP) is 2.19. The molecule has 1 aromatic carbocycles. The van der Waals surface area contributed by atoms with E-state index in [0.717, 1.165) is 16.7 Å². The van der Waals surface area contributed by atoms with Gasteiger partial charge in [0.25, 0.3) is 0 Å². The molecule has 21 heavy (non-hydrogen) atoms. The zero-order valence-corrected chi connectivity index (χ0v) is 13.1. The van der Waals surface area contributed by atoms with Crippen molar-refractivity contribution in [3.63, 3.8) is 0 Å². The Morgan fingerprint density at radius 3 is 2.52 bits per heavy atom. The Bertz CT molecular complexity index is 725. The summed E-state index contributed by atoms with van der Waals surface area (Å²) in [6.45, 7) is 3.91. The molecule has 0 fully saturated rings. The molecule has 112 valence electrons. The van der Waals surface area contributed by atoms with E-state index < -0.39 is 10.0 Å². The number of hydrogen-bond donors (Lipinski definition) is 1. The number of pyridine rings is 1. The van der Waals surface area contributed by atoms with Gasteiger partial charge in [0, 0.05) is 18.8 Å². The molecule has 0 aliphatic rings. The first-order valence-electron chi connectivity index (χ1n) is 6.48. The summed E-state index contributed by atoms with van der Waals surface area (Å²) in [6.07, 6.45) is 1.59. The molecule has 1 aromatic heterocycles. The third kappa shape index (κ3) is 3.80. The first-order chi connectivity index (χ1) is 9.92. The molecule has 2 rings (SSSR count). The second kappa shape index (κ2) is 6.24. The minimum Gasteiger partial charge on any atom is -0.481 e. The molecule has 6 heteroatoms. The first kappa shape index (κ1) is 15.5. The first-order valence-corrected chi connectivity index (χ1v) is 7.96. The van der Waals surface area contributed by atoms with Crippen LogP contribution in [-0.2, 0) is 16.6 Å². The maximum absolute atomic E-state index is 12.3. The van der Waals surface area contributed by atoms with Crippen LogP contribution in [0.15, 0.2) is 41.4 Å². The van der Waals surface area contributed by atoms with E-state index in [-0.39, 0.29) is 6.54 Å². The van der Waals surface area contributed by atoms with Gasteiger partial charge in [0.05, 0.1) is 12.0 Å². The molecule has 5 nitrogen and oxygen atoms in total. The quantitative estimate of drug-likeness (QED) is 0.919. The number of aryl methyl sites for hydroxylation is 2. The summed E-state index contributed by atoms with van der Waals surface area (Å²) in [6, 6.07) is 8.73. The molecule has 0 radical (unpaired) electrons. The lowest BCUT2D eigenvalue weighted by atomic mass is 10.2. The summed E-state index contributed by atoms with van der Waals surface area (Å²) in [4.78, 5) is 4.34. The summed E-state index contributed by atoms with van der Waals surface area (Å²) in [5, 5.41) is 0. The van der Waals surface area contributed by atoms with Crippen LogP contribution >= 0.6 is 0 Å². The fraction of sp³-hybridized carbons (Fsp3) is 0.267. The smallest absolute Gasteiger partial charge is 0.241 e. The zero-order valence-electron chi connectivity index (χ0n) is 12.3. The fourth-order valence-corrected chi connectivity index (χ4v) is 3.24. The Morgan fingerprint density at radius 1 is 1.19 bits per heavy atom. The van der Waals surface area contributed by atoms with Gasteiger partial charge in [-0.05, 0) is 31.0 Å². The van der Waals surface area contributed by atoms with Crippen molar-refractivity contribution in [2.75, 3.05) is 7.11 Å². The molecule has 0 bridgehead atoms. The minimum atomic E-state index is -3.53. The van der Waals surface area contributed by atoms with Crippen molar-refractivity contribution < 1.29 is 13.2 Å². The van der Waals surface area contributed by atoms with E-state index in [1.807, 2.05) is 13.0 Å². The van der Waals surface area contributed by atoms with Gasteiger partial charge in [0.1, 0.15) is 0 Å². The molecular weight excluding hydrogens is 288 g/mol. The van der Waals surface area contributed by atoms with E-state index in [2.05, 4.69) is 9.71 Å². The van der Waals surface area contributed by atoms with Crippen molar-refractivity contribution in [2.45, 2.75) is 25.3 Å². The molecule has 2 aromatic rings. The summed E-state index contributed by atoms with van der Waals surface area (Å²) < 4.78 is 32.2. The predicted molar refractivity (Wildman–Crippen MR) is 80.7 cm³/mol. The summed E-state index contributed by atoms with van der Waals surface area (Å²) in [5.41, 5.74) is 2.53.